The minimum Gasteiger partial charge on any atom is -0.508 e. The van der Waals surface area contributed by atoms with Crippen molar-refractivity contribution in [3.8, 4) is 46.0 Å². The molecule has 0 radical (unpaired) electrons. The van der Waals surface area contributed by atoms with Crippen molar-refractivity contribution in [3.63, 3.8) is 0 Å². The van der Waals surface area contributed by atoms with E-state index in [0.717, 1.165) is 68.2 Å². The SMILES string of the molecule is CCOc1ccc(C2CCCCC2C(=O)c2cc(OC)c(OC)c(OC)c2)cc1.COc1cc(C(=O)C2CCCCC2c2ccc(C)c(O)c2)cc(OC)c1OC. The van der Waals surface area contributed by atoms with E-state index >= 15 is 0 Å². The van der Waals surface area contributed by atoms with Crippen LogP contribution in [0, 0.1) is 18.8 Å². The van der Waals surface area contributed by atoms with Gasteiger partial charge in [-0.1, -0.05) is 49.9 Å². The van der Waals surface area contributed by atoms with E-state index in [2.05, 4.69) is 12.1 Å². The van der Waals surface area contributed by atoms with Gasteiger partial charge in [0.25, 0.3) is 0 Å². The van der Waals surface area contributed by atoms with Crippen LogP contribution in [0.15, 0.2) is 66.7 Å². The van der Waals surface area contributed by atoms with Crippen LogP contribution in [0.5, 0.6) is 46.0 Å². The zero-order valence-corrected chi connectivity index (χ0v) is 34.6. The molecule has 0 spiro atoms. The minimum atomic E-state index is -0.140. The van der Waals surface area contributed by atoms with Gasteiger partial charge in [-0.15, -0.1) is 0 Å². The Morgan fingerprint density at radius 3 is 1.35 bits per heavy atom. The van der Waals surface area contributed by atoms with Gasteiger partial charge in [0.1, 0.15) is 11.5 Å². The third-order valence-corrected chi connectivity index (χ3v) is 11.4. The highest BCUT2D eigenvalue weighted by Gasteiger charge is 2.35. The maximum absolute atomic E-state index is 13.5. The van der Waals surface area contributed by atoms with Gasteiger partial charge in [0.05, 0.1) is 49.3 Å². The highest BCUT2D eigenvalue weighted by Crippen LogP contribution is 2.45. The van der Waals surface area contributed by atoms with Crippen LogP contribution in [-0.2, 0) is 0 Å². The van der Waals surface area contributed by atoms with Crippen molar-refractivity contribution in [2.45, 2.75) is 77.0 Å². The summed E-state index contributed by atoms with van der Waals surface area (Å²) in [6.45, 7) is 4.49. The summed E-state index contributed by atoms with van der Waals surface area (Å²) in [5.41, 5.74) is 4.21. The van der Waals surface area contributed by atoms with E-state index < -0.39 is 0 Å². The largest absolute Gasteiger partial charge is 0.508 e. The summed E-state index contributed by atoms with van der Waals surface area (Å²) in [7, 11) is 9.33. The monoisotopic (exact) mass is 782 g/mol. The number of rotatable bonds is 14. The van der Waals surface area contributed by atoms with Gasteiger partial charge in [0.15, 0.2) is 34.6 Å². The third-order valence-electron chi connectivity index (χ3n) is 11.4. The zero-order valence-electron chi connectivity index (χ0n) is 34.6. The van der Waals surface area contributed by atoms with Gasteiger partial charge in [-0.2, -0.15) is 0 Å². The summed E-state index contributed by atoms with van der Waals surface area (Å²) >= 11 is 0. The molecule has 2 aliphatic rings. The molecule has 306 valence electrons. The standard InChI is InChI=1S/C24H30O5.C23H28O5/c1-5-29-18-12-10-16(11-13-18)19-8-6-7-9-20(19)23(25)17-14-21(26-2)24(28-4)22(15-17)27-3;1-14-9-10-15(11-19(14)24)17-7-5-6-8-18(17)22(25)16-12-20(26-2)23(28-4)21(13-16)27-3/h10-15,19-20H,5-9H2,1-4H3;9-13,17-18,24H,5-8H2,1-4H3. The van der Waals surface area contributed by atoms with Crippen LogP contribution in [0.1, 0.15) is 108 Å². The fourth-order valence-electron chi connectivity index (χ4n) is 8.40. The number of hydrogen-bond acceptors (Lipinski definition) is 10. The Morgan fingerprint density at radius 1 is 0.561 bits per heavy atom. The van der Waals surface area contributed by atoms with E-state index in [0.29, 0.717) is 52.2 Å². The highest BCUT2D eigenvalue weighted by atomic mass is 16.5. The van der Waals surface area contributed by atoms with Crippen LogP contribution in [-0.4, -0.2) is 65.9 Å². The maximum atomic E-state index is 13.5. The molecule has 4 aromatic carbocycles. The van der Waals surface area contributed by atoms with E-state index in [9.17, 15) is 14.7 Å². The lowest BCUT2D eigenvalue weighted by Gasteiger charge is -2.31. The van der Waals surface area contributed by atoms with Crippen LogP contribution in [0.25, 0.3) is 0 Å². The lowest BCUT2D eigenvalue weighted by molar-refractivity contribution is 0.0860. The Balaban J connectivity index is 0.000000218. The Bertz CT molecular complexity index is 1920. The van der Waals surface area contributed by atoms with Crippen LogP contribution in [0.2, 0.25) is 0 Å². The normalized spacial score (nSPS) is 18.9. The third kappa shape index (κ3) is 9.78. The van der Waals surface area contributed by atoms with Crippen molar-refractivity contribution in [2.24, 2.45) is 11.8 Å². The van der Waals surface area contributed by atoms with Crippen molar-refractivity contribution >= 4 is 11.6 Å². The number of phenolic OH excluding ortho intramolecular Hbond substituents is 1. The Morgan fingerprint density at radius 2 is 0.965 bits per heavy atom. The number of aryl methyl sites for hydroxylation is 1. The second-order valence-electron chi connectivity index (χ2n) is 14.6. The smallest absolute Gasteiger partial charge is 0.203 e. The molecule has 1 N–H and O–H groups in total. The average molecular weight is 783 g/mol. The molecule has 2 fully saturated rings. The second-order valence-corrected chi connectivity index (χ2v) is 14.6. The van der Waals surface area contributed by atoms with Gasteiger partial charge in [0.2, 0.25) is 11.5 Å². The van der Waals surface area contributed by atoms with E-state index in [1.165, 1.54) is 5.56 Å². The van der Waals surface area contributed by atoms with E-state index in [-0.39, 0.29) is 41.0 Å². The van der Waals surface area contributed by atoms with Gasteiger partial charge in [-0.25, -0.2) is 0 Å². The molecule has 2 saturated carbocycles. The second kappa shape index (κ2) is 20.2. The summed E-state index contributed by atoms with van der Waals surface area (Å²) < 4.78 is 38.0. The van der Waals surface area contributed by atoms with E-state index in [4.69, 9.17) is 33.2 Å². The predicted molar refractivity (Wildman–Crippen MR) is 221 cm³/mol. The molecule has 0 aromatic heterocycles. The summed E-state index contributed by atoms with van der Waals surface area (Å²) in [5, 5.41) is 10.1. The van der Waals surface area contributed by atoms with Crippen LogP contribution < -0.4 is 33.2 Å². The number of aromatic hydroxyl groups is 1. The Hall–Kier alpha value is -5.38. The van der Waals surface area contributed by atoms with Gasteiger partial charge >= 0.3 is 0 Å². The first kappa shape index (κ1) is 42.8. The van der Waals surface area contributed by atoms with Gasteiger partial charge in [-0.3, -0.25) is 9.59 Å². The number of methoxy groups -OCH3 is 6. The van der Waals surface area contributed by atoms with Crippen LogP contribution >= 0.6 is 0 Å². The van der Waals surface area contributed by atoms with Crippen molar-refractivity contribution in [1.29, 1.82) is 0 Å². The van der Waals surface area contributed by atoms with Crippen LogP contribution in [0.3, 0.4) is 0 Å². The fraction of sp³-hybridized carbons (Fsp3) is 0.447. The quantitative estimate of drug-likeness (QED) is 0.124. The summed E-state index contributed by atoms with van der Waals surface area (Å²) in [6.07, 6.45) is 7.96. The average Bonchev–Trinajstić information content (AvgIpc) is 3.26. The summed E-state index contributed by atoms with van der Waals surface area (Å²) in [6, 6.07) is 20.9. The molecule has 0 heterocycles. The predicted octanol–water partition coefficient (Wildman–Crippen LogP) is 10.2. The molecular formula is C47H58O10. The van der Waals surface area contributed by atoms with Crippen molar-refractivity contribution < 1.29 is 47.9 Å². The molecule has 10 nitrogen and oxygen atoms in total. The van der Waals surface area contributed by atoms with E-state index in [1.807, 2.05) is 38.1 Å². The molecule has 10 heteroatoms. The molecular weight excluding hydrogens is 725 g/mol. The maximum Gasteiger partial charge on any atom is 0.203 e. The first-order chi connectivity index (χ1) is 27.6. The van der Waals surface area contributed by atoms with Crippen LogP contribution in [0.4, 0.5) is 0 Å². The van der Waals surface area contributed by atoms with E-state index in [1.54, 1.807) is 73.0 Å². The number of phenols is 1. The highest BCUT2D eigenvalue weighted by molar-refractivity contribution is 6.00. The minimum absolute atomic E-state index is 0.0653. The first-order valence-electron chi connectivity index (χ1n) is 19.8. The number of hydrogen-bond donors (Lipinski definition) is 1. The number of carbonyl (C=O) groups is 2. The van der Waals surface area contributed by atoms with Gasteiger partial charge in [0, 0.05) is 23.0 Å². The molecule has 0 saturated heterocycles. The molecule has 4 atom stereocenters. The Labute approximate surface area is 337 Å². The number of ketones is 2. The molecule has 4 unspecified atom stereocenters. The fourth-order valence-corrected chi connectivity index (χ4v) is 8.40. The zero-order chi connectivity index (χ0) is 41.1. The number of Topliss-reactive ketones (excluding diaryl/α,β-unsaturated/α-hetero) is 2. The topological polar surface area (TPSA) is 119 Å². The lowest BCUT2D eigenvalue weighted by Crippen LogP contribution is -2.26. The van der Waals surface area contributed by atoms with Gasteiger partial charge in [-0.05, 0) is 111 Å². The Kier molecular flexibility index (Phi) is 15.1. The number of carbonyl (C=O) groups excluding carboxylic acids is 2. The number of benzene rings is 4. The first-order valence-corrected chi connectivity index (χ1v) is 19.8. The van der Waals surface area contributed by atoms with Crippen molar-refractivity contribution in [2.75, 3.05) is 49.3 Å². The molecule has 0 bridgehead atoms. The summed E-state index contributed by atoms with van der Waals surface area (Å²) in [4.78, 5) is 27.0. The molecule has 2 aliphatic carbocycles. The molecule has 6 rings (SSSR count). The van der Waals surface area contributed by atoms with Gasteiger partial charge < -0.3 is 38.3 Å². The van der Waals surface area contributed by atoms with Crippen molar-refractivity contribution in [3.05, 3.63) is 94.5 Å². The molecule has 4 aromatic rings. The number of ether oxygens (including phenoxy) is 7. The summed E-state index contributed by atoms with van der Waals surface area (Å²) in [5.74, 6) is 4.36. The lowest BCUT2D eigenvalue weighted by atomic mass is 9.72. The van der Waals surface area contributed by atoms with Crippen molar-refractivity contribution in [1.82, 2.24) is 0 Å². The molecule has 57 heavy (non-hydrogen) atoms. The molecule has 0 aliphatic heterocycles. The molecule has 0 amide bonds.